The number of benzene rings is 1. The summed E-state index contributed by atoms with van der Waals surface area (Å²) in [6.07, 6.45) is -3.84. The number of aromatic carboxylic acids is 1. The Hall–Kier alpha value is -2.05. The van der Waals surface area contributed by atoms with Crippen LogP contribution in [0.3, 0.4) is 0 Å². The molecule has 0 bridgehead atoms. The third kappa shape index (κ3) is 4.54. The number of rotatable bonds is 1. The second-order valence-corrected chi connectivity index (χ2v) is 2.77. The molecule has 0 saturated heterocycles. The molecule has 0 atom stereocenters. The number of carbonyl (C=O) groups excluding carboxylic acids is 1. The van der Waals surface area contributed by atoms with Gasteiger partial charge in [-0.3, -0.25) is 0 Å². The number of carboxylic acid groups (broad SMARTS) is 1. The second-order valence-electron chi connectivity index (χ2n) is 2.77. The molecule has 2 N–H and O–H groups in total. The highest BCUT2D eigenvalue weighted by Gasteiger charge is 2.31. The highest BCUT2D eigenvalue weighted by molar-refractivity contribution is 5.90. The lowest BCUT2D eigenvalue weighted by Crippen LogP contribution is -2.06. The summed E-state index contributed by atoms with van der Waals surface area (Å²) in [6, 6.07) is 1.69. The van der Waals surface area contributed by atoms with Gasteiger partial charge >= 0.3 is 12.1 Å². The van der Waals surface area contributed by atoms with E-state index in [2.05, 4.69) is 0 Å². The van der Waals surface area contributed by atoms with Crippen molar-refractivity contribution in [1.29, 1.82) is 0 Å². The zero-order valence-corrected chi connectivity index (χ0v) is 8.65. The molecule has 4 nitrogen and oxygen atoms in total. The van der Waals surface area contributed by atoms with E-state index in [4.69, 9.17) is 15.0 Å². The molecule has 0 radical (unpaired) electrons. The van der Waals surface area contributed by atoms with Gasteiger partial charge in [-0.2, -0.15) is 13.2 Å². The highest BCUT2D eigenvalue weighted by atomic mass is 19.4. The van der Waals surface area contributed by atoms with E-state index in [1.807, 2.05) is 0 Å². The number of aldehydes is 1. The van der Waals surface area contributed by atoms with Crippen molar-refractivity contribution in [2.45, 2.75) is 13.1 Å². The topological polar surface area (TPSA) is 74.6 Å². The van der Waals surface area contributed by atoms with Gasteiger partial charge in [0.2, 0.25) is 0 Å². The van der Waals surface area contributed by atoms with Crippen molar-refractivity contribution < 1.29 is 33.0 Å². The molecular formula is C10H9F3O4. The van der Waals surface area contributed by atoms with Crippen LogP contribution in [0.5, 0.6) is 5.75 Å². The number of alkyl halides is 3. The molecule has 0 amide bonds. The standard InChI is InChI=1S/C8H5F3O3.C2H4O/c9-8(10,11)4-1-2-5(7(13)14)6(12)3-4;1-2-3/h1-3,12H,(H,13,14);2H,1H3. The van der Waals surface area contributed by atoms with Gasteiger partial charge in [0.15, 0.2) is 0 Å². The van der Waals surface area contributed by atoms with E-state index in [-0.39, 0.29) is 0 Å². The first-order chi connectivity index (χ1) is 7.73. The van der Waals surface area contributed by atoms with E-state index >= 15 is 0 Å². The molecular weight excluding hydrogens is 241 g/mol. The molecule has 0 saturated carbocycles. The van der Waals surface area contributed by atoms with Gasteiger partial charge in [-0.05, 0) is 25.1 Å². The maximum Gasteiger partial charge on any atom is 0.416 e. The van der Waals surface area contributed by atoms with Gasteiger partial charge in [0.25, 0.3) is 0 Å². The van der Waals surface area contributed by atoms with Crippen LogP contribution in [0.1, 0.15) is 22.8 Å². The van der Waals surface area contributed by atoms with Crippen molar-refractivity contribution in [1.82, 2.24) is 0 Å². The Morgan fingerprint density at radius 1 is 1.35 bits per heavy atom. The summed E-state index contributed by atoms with van der Waals surface area (Å²) in [5.74, 6) is -2.37. The molecule has 0 aliphatic rings. The van der Waals surface area contributed by atoms with E-state index < -0.39 is 29.0 Å². The van der Waals surface area contributed by atoms with E-state index in [9.17, 15) is 18.0 Å². The summed E-state index contributed by atoms with van der Waals surface area (Å²) in [5, 5.41) is 17.4. The number of halogens is 3. The molecule has 0 aliphatic carbocycles. The first kappa shape index (κ1) is 14.9. The SMILES string of the molecule is CC=O.O=C(O)c1ccc(C(F)(F)F)cc1O. The van der Waals surface area contributed by atoms with Gasteiger partial charge in [-0.25, -0.2) is 4.79 Å². The zero-order valence-electron chi connectivity index (χ0n) is 8.65. The lowest BCUT2D eigenvalue weighted by Gasteiger charge is -2.07. The van der Waals surface area contributed by atoms with Crippen molar-refractivity contribution in [2.24, 2.45) is 0 Å². The van der Waals surface area contributed by atoms with Crippen LogP contribution < -0.4 is 0 Å². The van der Waals surface area contributed by atoms with Gasteiger partial charge in [-0.1, -0.05) is 0 Å². The minimum atomic E-state index is -4.59. The summed E-state index contributed by atoms with van der Waals surface area (Å²) in [5.41, 5.74) is -1.64. The van der Waals surface area contributed by atoms with Crippen LogP contribution in [-0.2, 0) is 11.0 Å². The second kappa shape index (κ2) is 5.88. The maximum absolute atomic E-state index is 12.0. The molecule has 0 spiro atoms. The Balaban J connectivity index is 0.000000770. The number of phenols is 1. The van der Waals surface area contributed by atoms with E-state index in [1.165, 1.54) is 6.92 Å². The third-order valence-electron chi connectivity index (χ3n) is 1.56. The van der Waals surface area contributed by atoms with Crippen LogP contribution in [0.2, 0.25) is 0 Å². The zero-order chi connectivity index (χ0) is 13.6. The van der Waals surface area contributed by atoms with E-state index in [0.717, 1.165) is 6.29 Å². The highest BCUT2D eigenvalue weighted by Crippen LogP contribution is 2.32. The average molecular weight is 250 g/mol. The summed E-state index contributed by atoms with van der Waals surface area (Å²) >= 11 is 0. The summed E-state index contributed by atoms with van der Waals surface area (Å²) in [7, 11) is 0. The van der Waals surface area contributed by atoms with Gasteiger partial charge < -0.3 is 15.0 Å². The van der Waals surface area contributed by atoms with Crippen molar-refractivity contribution in [3.8, 4) is 5.75 Å². The Morgan fingerprint density at radius 3 is 2.12 bits per heavy atom. The monoisotopic (exact) mass is 250 g/mol. The fourth-order valence-electron chi connectivity index (χ4n) is 0.889. The minimum absolute atomic E-state index is 0.378. The van der Waals surface area contributed by atoms with Gasteiger partial charge in [-0.15, -0.1) is 0 Å². The van der Waals surface area contributed by atoms with Crippen LogP contribution in [0.4, 0.5) is 13.2 Å². The van der Waals surface area contributed by atoms with Gasteiger partial charge in [0.1, 0.15) is 17.6 Å². The lowest BCUT2D eigenvalue weighted by atomic mass is 10.1. The molecule has 94 valence electrons. The Bertz CT molecular complexity index is 413. The van der Waals surface area contributed by atoms with Crippen molar-refractivity contribution >= 4 is 12.3 Å². The molecule has 17 heavy (non-hydrogen) atoms. The minimum Gasteiger partial charge on any atom is -0.507 e. The average Bonchev–Trinajstić information content (AvgIpc) is 2.16. The Kier molecular flexibility index (Phi) is 5.17. The van der Waals surface area contributed by atoms with Crippen LogP contribution in [0.25, 0.3) is 0 Å². The fourth-order valence-corrected chi connectivity index (χ4v) is 0.889. The van der Waals surface area contributed by atoms with E-state index in [1.54, 1.807) is 0 Å². The number of hydrogen-bond donors (Lipinski definition) is 2. The fraction of sp³-hybridized carbons (Fsp3) is 0.200. The predicted molar refractivity (Wildman–Crippen MR) is 51.8 cm³/mol. The summed E-state index contributed by atoms with van der Waals surface area (Å²) in [6.45, 7) is 1.44. The lowest BCUT2D eigenvalue weighted by molar-refractivity contribution is -0.137. The number of aromatic hydroxyl groups is 1. The predicted octanol–water partition coefficient (Wildman–Crippen LogP) is 2.31. The molecule has 1 rings (SSSR count). The van der Waals surface area contributed by atoms with Gasteiger partial charge in [0.05, 0.1) is 5.56 Å². The summed E-state index contributed by atoms with van der Waals surface area (Å²) in [4.78, 5) is 19.1. The molecule has 7 heteroatoms. The molecule has 0 fully saturated rings. The first-order valence-corrected chi connectivity index (χ1v) is 4.27. The van der Waals surface area contributed by atoms with Crippen LogP contribution in [-0.4, -0.2) is 22.5 Å². The summed E-state index contributed by atoms with van der Waals surface area (Å²) < 4.78 is 36.1. The number of hydrogen-bond acceptors (Lipinski definition) is 3. The smallest absolute Gasteiger partial charge is 0.416 e. The van der Waals surface area contributed by atoms with Crippen molar-refractivity contribution in [2.75, 3.05) is 0 Å². The molecule has 0 unspecified atom stereocenters. The third-order valence-corrected chi connectivity index (χ3v) is 1.56. The maximum atomic E-state index is 12.0. The molecule has 1 aromatic carbocycles. The van der Waals surface area contributed by atoms with Crippen molar-refractivity contribution in [3.05, 3.63) is 29.3 Å². The Labute approximate surface area is 94.3 Å². The van der Waals surface area contributed by atoms with Crippen LogP contribution in [0.15, 0.2) is 18.2 Å². The quantitative estimate of drug-likeness (QED) is 0.750. The number of carboxylic acids is 1. The normalized spacial score (nSPS) is 10.1. The van der Waals surface area contributed by atoms with Crippen molar-refractivity contribution in [3.63, 3.8) is 0 Å². The largest absolute Gasteiger partial charge is 0.507 e. The molecule has 1 aromatic rings. The Morgan fingerprint density at radius 2 is 1.82 bits per heavy atom. The molecule has 0 aromatic heterocycles. The van der Waals surface area contributed by atoms with Gasteiger partial charge in [0, 0.05) is 0 Å². The van der Waals surface area contributed by atoms with E-state index in [0.29, 0.717) is 18.2 Å². The first-order valence-electron chi connectivity index (χ1n) is 4.27. The van der Waals surface area contributed by atoms with Crippen LogP contribution >= 0.6 is 0 Å². The molecule has 0 heterocycles. The number of carbonyl (C=O) groups is 2. The van der Waals surface area contributed by atoms with Crippen LogP contribution in [0, 0.1) is 0 Å². The molecule has 0 aliphatic heterocycles.